The maximum absolute atomic E-state index is 13.2. The van der Waals surface area contributed by atoms with Gasteiger partial charge < -0.3 is 15.0 Å². The summed E-state index contributed by atoms with van der Waals surface area (Å²) in [6, 6.07) is 17.1. The Hall–Kier alpha value is -2.82. The number of hydrogen-bond donors (Lipinski definition) is 1. The topological polar surface area (TPSA) is 58.6 Å². The second-order valence-corrected chi connectivity index (χ2v) is 8.88. The standard InChI is InChI=1S/C26H36N2O3/c1-6-23(25(30)27-26(3,4)5)28(19-21-14-11-10-13-20(21)2)24(29)17-12-18-31-22-15-8-7-9-16-22/h7-11,13-16,23H,6,12,17-19H2,1-5H3,(H,27,30)/t23-/m0/s1. The minimum atomic E-state index is -0.513. The fraction of sp³-hybridized carbons (Fsp3) is 0.462. The molecule has 0 spiro atoms. The van der Waals surface area contributed by atoms with Crippen LogP contribution >= 0.6 is 0 Å². The Kier molecular flexibility index (Phi) is 9.10. The SMILES string of the molecule is CC[C@@H](C(=O)NC(C)(C)C)N(Cc1ccccc1C)C(=O)CCCOc1ccccc1. The van der Waals surface area contributed by atoms with Crippen molar-refractivity contribution in [2.45, 2.75) is 72.0 Å². The monoisotopic (exact) mass is 424 g/mol. The van der Waals surface area contributed by atoms with E-state index >= 15 is 0 Å². The molecule has 2 aromatic rings. The first-order valence-corrected chi connectivity index (χ1v) is 11.0. The van der Waals surface area contributed by atoms with E-state index in [0.29, 0.717) is 32.4 Å². The summed E-state index contributed by atoms with van der Waals surface area (Å²) in [5, 5.41) is 3.04. The van der Waals surface area contributed by atoms with Gasteiger partial charge in [-0.2, -0.15) is 0 Å². The number of amides is 2. The summed E-state index contributed by atoms with van der Waals surface area (Å²) in [7, 11) is 0. The average molecular weight is 425 g/mol. The van der Waals surface area contributed by atoms with Gasteiger partial charge in [0.05, 0.1) is 6.61 Å². The van der Waals surface area contributed by atoms with E-state index in [2.05, 4.69) is 5.32 Å². The van der Waals surface area contributed by atoms with Crippen molar-refractivity contribution in [1.82, 2.24) is 10.2 Å². The zero-order valence-electron chi connectivity index (χ0n) is 19.5. The number of carbonyl (C=O) groups excluding carboxylic acids is 2. The molecule has 0 fully saturated rings. The van der Waals surface area contributed by atoms with Gasteiger partial charge >= 0.3 is 0 Å². The lowest BCUT2D eigenvalue weighted by Gasteiger charge is -2.33. The summed E-state index contributed by atoms with van der Waals surface area (Å²) >= 11 is 0. The van der Waals surface area contributed by atoms with E-state index < -0.39 is 6.04 Å². The Labute approximate surface area is 186 Å². The van der Waals surface area contributed by atoms with Crippen molar-refractivity contribution in [3.05, 3.63) is 65.7 Å². The summed E-state index contributed by atoms with van der Waals surface area (Å²) in [6.45, 7) is 10.7. The van der Waals surface area contributed by atoms with Gasteiger partial charge in [0.2, 0.25) is 11.8 Å². The molecule has 2 amide bonds. The number of aryl methyl sites for hydroxylation is 1. The molecule has 0 aliphatic heterocycles. The Morgan fingerprint density at radius 2 is 1.68 bits per heavy atom. The third-order valence-electron chi connectivity index (χ3n) is 5.03. The van der Waals surface area contributed by atoms with Gasteiger partial charge in [-0.15, -0.1) is 0 Å². The second kappa shape index (κ2) is 11.5. The molecule has 0 unspecified atom stereocenters. The first kappa shape index (κ1) is 24.4. The van der Waals surface area contributed by atoms with Crippen LogP contribution in [-0.2, 0) is 16.1 Å². The highest BCUT2D eigenvalue weighted by molar-refractivity contribution is 5.88. The van der Waals surface area contributed by atoms with Crippen LogP contribution in [0.15, 0.2) is 54.6 Å². The van der Waals surface area contributed by atoms with Crippen molar-refractivity contribution in [3.8, 4) is 5.75 Å². The third-order valence-corrected chi connectivity index (χ3v) is 5.03. The highest BCUT2D eigenvalue weighted by Crippen LogP contribution is 2.18. The van der Waals surface area contributed by atoms with Crippen LogP contribution < -0.4 is 10.1 Å². The maximum Gasteiger partial charge on any atom is 0.243 e. The van der Waals surface area contributed by atoms with E-state index in [0.717, 1.165) is 16.9 Å². The third kappa shape index (κ3) is 8.08. The molecule has 2 rings (SSSR count). The van der Waals surface area contributed by atoms with Crippen LogP contribution in [0, 0.1) is 6.92 Å². The molecular weight excluding hydrogens is 388 g/mol. The minimum absolute atomic E-state index is 0.0316. The Morgan fingerprint density at radius 1 is 1.03 bits per heavy atom. The molecule has 0 saturated heterocycles. The Morgan fingerprint density at radius 3 is 2.29 bits per heavy atom. The molecule has 5 heteroatoms. The van der Waals surface area contributed by atoms with Crippen molar-refractivity contribution >= 4 is 11.8 Å². The number of nitrogens with one attached hydrogen (secondary N) is 1. The van der Waals surface area contributed by atoms with E-state index in [-0.39, 0.29) is 17.4 Å². The minimum Gasteiger partial charge on any atom is -0.494 e. The second-order valence-electron chi connectivity index (χ2n) is 8.88. The van der Waals surface area contributed by atoms with Gasteiger partial charge in [0.1, 0.15) is 11.8 Å². The van der Waals surface area contributed by atoms with E-state index in [1.807, 2.05) is 89.2 Å². The molecule has 168 valence electrons. The van der Waals surface area contributed by atoms with Gasteiger partial charge in [-0.1, -0.05) is 49.4 Å². The molecule has 5 nitrogen and oxygen atoms in total. The van der Waals surface area contributed by atoms with Crippen LogP contribution in [0.25, 0.3) is 0 Å². The van der Waals surface area contributed by atoms with Crippen LogP contribution in [0.2, 0.25) is 0 Å². The summed E-state index contributed by atoms with van der Waals surface area (Å²) < 4.78 is 5.72. The largest absolute Gasteiger partial charge is 0.494 e. The van der Waals surface area contributed by atoms with Crippen molar-refractivity contribution < 1.29 is 14.3 Å². The Balaban J connectivity index is 2.10. The molecule has 1 N–H and O–H groups in total. The van der Waals surface area contributed by atoms with Crippen LogP contribution in [0.4, 0.5) is 0 Å². The molecule has 31 heavy (non-hydrogen) atoms. The normalized spacial score (nSPS) is 12.2. The van der Waals surface area contributed by atoms with E-state index in [4.69, 9.17) is 4.74 Å². The van der Waals surface area contributed by atoms with Gasteiger partial charge in [0.25, 0.3) is 0 Å². The molecule has 0 heterocycles. The first-order valence-electron chi connectivity index (χ1n) is 11.0. The van der Waals surface area contributed by atoms with E-state index in [1.54, 1.807) is 4.90 Å². The van der Waals surface area contributed by atoms with Crippen LogP contribution in [0.5, 0.6) is 5.75 Å². The zero-order chi connectivity index (χ0) is 22.9. The van der Waals surface area contributed by atoms with Crippen molar-refractivity contribution in [2.75, 3.05) is 6.61 Å². The summed E-state index contributed by atoms with van der Waals surface area (Å²) in [6.07, 6.45) is 1.48. The van der Waals surface area contributed by atoms with Gasteiger partial charge in [0, 0.05) is 18.5 Å². The smallest absolute Gasteiger partial charge is 0.243 e. The van der Waals surface area contributed by atoms with Crippen LogP contribution in [-0.4, -0.2) is 34.9 Å². The lowest BCUT2D eigenvalue weighted by molar-refractivity contribution is -0.142. The fourth-order valence-corrected chi connectivity index (χ4v) is 3.42. The summed E-state index contributed by atoms with van der Waals surface area (Å²) in [5.41, 5.74) is 1.81. The molecule has 0 aliphatic rings. The first-order chi connectivity index (χ1) is 14.7. The predicted octanol–water partition coefficient (Wildman–Crippen LogP) is 4.88. The van der Waals surface area contributed by atoms with Crippen molar-refractivity contribution in [1.29, 1.82) is 0 Å². The highest BCUT2D eigenvalue weighted by atomic mass is 16.5. The van der Waals surface area contributed by atoms with Crippen molar-refractivity contribution in [2.24, 2.45) is 0 Å². The number of hydrogen-bond acceptors (Lipinski definition) is 3. The predicted molar refractivity (Wildman–Crippen MR) is 125 cm³/mol. The molecule has 1 atom stereocenters. The van der Waals surface area contributed by atoms with Crippen LogP contribution in [0.3, 0.4) is 0 Å². The van der Waals surface area contributed by atoms with Gasteiger partial charge in [-0.05, 0) is 63.8 Å². The molecule has 0 aromatic heterocycles. The number of carbonyl (C=O) groups is 2. The number of benzene rings is 2. The highest BCUT2D eigenvalue weighted by Gasteiger charge is 2.30. The molecule has 0 aliphatic carbocycles. The summed E-state index contributed by atoms with van der Waals surface area (Å²) in [4.78, 5) is 28.0. The summed E-state index contributed by atoms with van der Waals surface area (Å²) in [5.74, 6) is 0.649. The van der Waals surface area contributed by atoms with Gasteiger partial charge in [-0.3, -0.25) is 9.59 Å². The van der Waals surface area contributed by atoms with Crippen LogP contribution in [0.1, 0.15) is 58.1 Å². The molecule has 0 radical (unpaired) electrons. The van der Waals surface area contributed by atoms with Gasteiger partial charge in [0.15, 0.2) is 0 Å². The maximum atomic E-state index is 13.2. The number of para-hydroxylation sites is 1. The number of nitrogens with zero attached hydrogens (tertiary/aromatic N) is 1. The molecule has 0 saturated carbocycles. The molecule has 2 aromatic carbocycles. The number of rotatable bonds is 10. The Bertz CT molecular complexity index is 843. The van der Waals surface area contributed by atoms with E-state index in [9.17, 15) is 9.59 Å². The van der Waals surface area contributed by atoms with E-state index in [1.165, 1.54) is 0 Å². The molecular formula is C26H36N2O3. The van der Waals surface area contributed by atoms with Gasteiger partial charge in [-0.25, -0.2) is 0 Å². The quantitative estimate of drug-likeness (QED) is 0.553. The lowest BCUT2D eigenvalue weighted by atomic mass is 10.0. The zero-order valence-corrected chi connectivity index (χ0v) is 19.5. The number of ether oxygens (including phenoxy) is 1. The van der Waals surface area contributed by atoms with Crippen molar-refractivity contribution in [3.63, 3.8) is 0 Å². The molecule has 0 bridgehead atoms. The fourth-order valence-electron chi connectivity index (χ4n) is 3.42. The average Bonchev–Trinajstić information content (AvgIpc) is 2.71. The lowest BCUT2D eigenvalue weighted by Crippen LogP contribution is -2.53.